The van der Waals surface area contributed by atoms with Crippen LogP contribution < -0.4 is 4.72 Å². The molecule has 0 unspecified atom stereocenters. The average Bonchev–Trinajstić information content (AvgIpc) is 3.73. The number of hydrazine groups is 1. The molecule has 1 aliphatic heterocycles. The fourth-order valence-corrected chi connectivity index (χ4v) is 5.77. The van der Waals surface area contributed by atoms with Crippen LogP contribution in [0.15, 0.2) is 95.1 Å². The van der Waals surface area contributed by atoms with Crippen LogP contribution in [-0.2, 0) is 30.6 Å². The molecule has 13 nitrogen and oxygen atoms in total. The number of nitrogens with one attached hydrogen (secondary N) is 1. The van der Waals surface area contributed by atoms with Gasteiger partial charge in [-0.25, -0.2) is 22.6 Å². The molecule has 1 amide bonds. The third kappa shape index (κ3) is 7.69. The first-order chi connectivity index (χ1) is 22.3. The number of carbonyl (C=O) groups is 2. The Morgan fingerprint density at radius 3 is 2.40 bits per heavy atom. The maximum absolute atomic E-state index is 13.5. The minimum Gasteiger partial charge on any atom is -0.569 e. The molecule has 3 aromatic carbocycles. The van der Waals surface area contributed by atoms with Gasteiger partial charge in [-0.05, 0) is 62.2 Å². The zero-order valence-corrected chi connectivity index (χ0v) is 25.4. The van der Waals surface area contributed by atoms with E-state index in [1.165, 1.54) is 24.3 Å². The highest BCUT2D eigenvalue weighted by Gasteiger charge is 2.39. The smallest absolute Gasteiger partial charge is 0.435 e. The molecule has 0 bridgehead atoms. The SMILES string of the molecule is Cc1ccc(-c2cc(C(F)(F)F)nn2-c2ccc(S(=O)(=O)NC(=O)[C@@H]3CCCN3[N+]([O-])=NOCOC(=O)c3ccccc3)cc2)cc1. The molecule has 1 fully saturated rings. The molecule has 0 radical (unpaired) electrons. The molecule has 5 rings (SSSR count). The van der Waals surface area contributed by atoms with Crippen molar-refractivity contribution in [3.05, 3.63) is 107 Å². The second-order valence-electron chi connectivity index (χ2n) is 10.4. The Kier molecular flexibility index (Phi) is 9.46. The Hall–Kier alpha value is -5.45. The topological polar surface area (TPSA) is 158 Å². The van der Waals surface area contributed by atoms with Crippen LogP contribution in [0, 0.1) is 12.1 Å². The van der Waals surface area contributed by atoms with Crippen LogP contribution in [0.1, 0.15) is 34.5 Å². The maximum atomic E-state index is 13.5. The fourth-order valence-electron chi connectivity index (χ4n) is 4.75. The molecule has 1 aromatic heterocycles. The van der Waals surface area contributed by atoms with Gasteiger partial charge in [-0.2, -0.15) is 18.3 Å². The molecule has 1 N–H and O–H groups in total. The van der Waals surface area contributed by atoms with Crippen LogP contribution in [0.4, 0.5) is 13.2 Å². The van der Waals surface area contributed by atoms with Crippen molar-refractivity contribution in [2.45, 2.75) is 36.9 Å². The zero-order valence-electron chi connectivity index (χ0n) is 24.6. The molecule has 47 heavy (non-hydrogen) atoms. The number of carbonyl (C=O) groups excluding carboxylic acids is 2. The number of ether oxygens (including phenoxy) is 1. The zero-order chi connectivity index (χ0) is 33.8. The largest absolute Gasteiger partial charge is 0.569 e. The molecule has 4 aromatic rings. The van der Waals surface area contributed by atoms with Crippen LogP contribution in [0.3, 0.4) is 0 Å². The standard InChI is InChI=1S/C30H27F3N6O7S/c1-20-9-11-21(12-10-20)26-18-27(30(31,32)33)34-38(26)23-13-15-24(16-14-23)47(43,44)35-28(40)25-8-5-17-37(25)39(42)36-46-19-45-29(41)22-6-3-2-4-7-22/h2-4,6-7,9-16,18,25H,5,8,17,19H2,1H3,(H,35,40)/t25-/m0/s1. The van der Waals surface area contributed by atoms with E-state index in [0.29, 0.717) is 12.0 Å². The molecule has 17 heteroatoms. The predicted octanol–water partition coefficient (Wildman–Crippen LogP) is 4.76. The Balaban J connectivity index is 1.25. The van der Waals surface area contributed by atoms with Gasteiger partial charge in [0.1, 0.15) is 0 Å². The number of sulfonamides is 1. The lowest BCUT2D eigenvalue weighted by molar-refractivity contribution is -0.712. The second-order valence-corrected chi connectivity index (χ2v) is 12.0. The lowest BCUT2D eigenvalue weighted by Crippen LogP contribution is -2.47. The Morgan fingerprint density at radius 2 is 1.74 bits per heavy atom. The molecule has 0 saturated carbocycles. The number of aryl methyl sites for hydroxylation is 1. The first kappa shape index (κ1) is 32.9. The quantitative estimate of drug-likeness (QED) is 0.0626. The first-order valence-electron chi connectivity index (χ1n) is 14.0. The van der Waals surface area contributed by atoms with E-state index in [2.05, 4.69) is 10.4 Å². The molecule has 246 valence electrons. The van der Waals surface area contributed by atoms with Crippen molar-refractivity contribution in [1.29, 1.82) is 0 Å². The summed E-state index contributed by atoms with van der Waals surface area (Å²) in [6, 6.07) is 19.2. The Bertz CT molecular complexity index is 1880. The van der Waals surface area contributed by atoms with Crippen molar-refractivity contribution < 1.29 is 45.7 Å². The molecule has 1 atom stereocenters. The van der Waals surface area contributed by atoms with Gasteiger partial charge in [0, 0.05) is 5.56 Å². The van der Waals surface area contributed by atoms with Crippen molar-refractivity contribution in [2.75, 3.05) is 13.3 Å². The number of nitrogens with zero attached hydrogens (tertiary/aromatic N) is 5. The van der Waals surface area contributed by atoms with E-state index >= 15 is 0 Å². The van der Waals surface area contributed by atoms with Crippen LogP contribution in [-0.4, -0.2) is 59.4 Å². The normalized spacial score (nSPS) is 15.4. The summed E-state index contributed by atoms with van der Waals surface area (Å²) < 4.78 is 74.6. The number of halogens is 3. The summed E-state index contributed by atoms with van der Waals surface area (Å²) in [6.07, 6.45) is -4.24. The molecule has 2 heterocycles. The number of hydrogen-bond donors (Lipinski definition) is 1. The highest BCUT2D eigenvalue weighted by Crippen LogP contribution is 2.33. The Labute approximate surface area is 266 Å². The summed E-state index contributed by atoms with van der Waals surface area (Å²) in [5, 5.41) is 20.4. The van der Waals surface area contributed by atoms with E-state index < -0.39 is 46.6 Å². The van der Waals surface area contributed by atoms with Crippen LogP contribution in [0.25, 0.3) is 16.9 Å². The number of hydrogen-bond acceptors (Lipinski definition) is 9. The molecular weight excluding hydrogens is 645 g/mol. The predicted molar refractivity (Wildman–Crippen MR) is 158 cm³/mol. The third-order valence-electron chi connectivity index (χ3n) is 7.10. The highest BCUT2D eigenvalue weighted by molar-refractivity contribution is 7.90. The Morgan fingerprint density at radius 1 is 1.06 bits per heavy atom. The number of benzene rings is 3. The van der Waals surface area contributed by atoms with Gasteiger partial charge in [-0.15, -0.1) is 5.01 Å². The fraction of sp³-hybridized carbons (Fsp3) is 0.233. The molecule has 1 saturated heterocycles. The number of amides is 1. The summed E-state index contributed by atoms with van der Waals surface area (Å²) in [5.41, 5.74) is 0.763. The van der Waals surface area contributed by atoms with Gasteiger partial charge < -0.3 is 14.8 Å². The van der Waals surface area contributed by atoms with Crippen molar-refractivity contribution in [1.82, 2.24) is 19.5 Å². The van der Waals surface area contributed by atoms with E-state index in [-0.39, 0.29) is 39.8 Å². The first-order valence-corrected chi connectivity index (χ1v) is 15.5. The van der Waals surface area contributed by atoms with Gasteiger partial charge in [0.2, 0.25) is 5.28 Å². The van der Waals surface area contributed by atoms with E-state index in [4.69, 9.17) is 9.57 Å². The molecule has 1 aliphatic rings. The lowest BCUT2D eigenvalue weighted by Gasteiger charge is -2.19. The van der Waals surface area contributed by atoms with Crippen LogP contribution >= 0.6 is 0 Å². The number of aromatic nitrogens is 2. The van der Waals surface area contributed by atoms with Crippen molar-refractivity contribution in [3.8, 4) is 16.9 Å². The molecular formula is C30H27F3N6O7S. The van der Waals surface area contributed by atoms with E-state index in [1.54, 1.807) is 42.5 Å². The van der Waals surface area contributed by atoms with Gasteiger partial charge in [-0.1, -0.05) is 48.0 Å². The second kappa shape index (κ2) is 13.5. The van der Waals surface area contributed by atoms with Gasteiger partial charge >= 0.3 is 12.1 Å². The summed E-state index contributed by atoms with van der Waals surface area (Å²) in [4.78, 5) is 29.3. The monoisotopic (exact) mass is 672 g/mol. The van der Waals surface area contributed by atoms with E-state index in [1.807, 2.05) is 11.6 Å². The lowest BCUT2D eigenvalue weighted by atomic mass is 10.1. The molecule has 0 aliphatic carbocycles. The number of esters is 1. The van der Waals surface area contributed by atoms with Crippen molar-refractivity contribution >= 4 is 21.9 Å². The average molecular weight is 673 g/mol. The highest BCUT2D eigenvalue weighted by atomic mass is 32.2. The van der Waals surface area contributed by atoms with Gasteiger partial charge in [0.25, 0.3) is 22.7 Å². The maximum Gasteiger partial charge on any atom is 0.435 e. The van der Waals surface area contributed by atoms with Crippen LogP contribution in [0.5, 0.6) is 0 Å². The van der Waals surface area contributed by atoms with Crippen molar-refractivity contribution in [3.63, 3.8) is 0 Å². The number of rotatable bonds is 10. The molecule has 0 spiro atoms. The third-order valence-corrected chi connectivity index (χ3v) is 8.46. The van der Waals surface area contributed by atoms with Gasteiger partial charge in [0.15, 0.2) is 11.7 Å². The summed E-state index contributed by atoms with van der Waals surface area (Å²) >= 11 is 0. The summed E-state index contributed by atoms with van der Waals surface area (Å²) in [6.45, 7) is 1.20. The minimum atomic E-state index is -4.72. The minimum absolute atomic E-state index is 0.0278. The number of alkyl halides is 3. The summed E-state index contributed by atoms with van der Waals surface area (Å²) in [7, 11) is -4.46. The van der Waals surface area contributed by atoms with Crippen LogP contribution in [0.2, 0.25) is 0 Å². The van der Waals surface area contributed by atoms with E-state index in [9.17, 15) is 36.4 Å². The van der Waals surface area contributed by atoms with E-state index in [0.717, 1.165) is 33.5 Å². The summed E-state index contributed by atoms with van der Waals surface area (Å²) in [5.74, 6) is -1.72. The van der Waals surface area contributed by atoms with Gasteiger partial charge in [-0.3, -0.25) is 4.79 Å². The van der Waals surface area contributed by atoms with Gasteiger partial charge in [0.05, 0.1) is 33.4 Å². The van der Waals surface area contributed by atoms with Crippen molar-refractivity contribution in [2.24, 2.45) is 5.28 Å².